The summed E-state index contributed by atoms with van der Waals surface area (Å²) in [6, 6.07) is 21.4. The van der Waals surface area contributed by atoms with Gasteiger partial charge in [-0.2, -0.15) is 0 Å². The van der Waals surface area contributed by atoms with Crippen molar-refractivity contribution in [3.63, 3.8) is 0 Å². The second-order valence-electron chi connectivity index (χ2n) is 6.80. The lowest BCUT2D eigenvalue weighted by Crippen LogP contribution is -1.90. The minimum absolute atomic E-state index is 0.660. The van der Waals surface area contributed by atoms with Crippen LogP contribution in [0.5, 0.6) is 23.0 Å². The summed E-state index contributed by atoms with van der Waals surface area (Å²) in [7, 11) is 3.24. The third-order valence-electron chi connectivity index (χ3n) is 4.74. The van der Waals surface area contributed by atoms with E-state index >= 15 is 0 Å². The number of thiazole rings is 2. The summed E-state index contributed by atoms with van der Waals surface area (Å²) in [5.41, 5.74) is 2.77. The minimum Gasteiger partial charge on any atom is -0.493 e. The third-order valence-corrected chi connectivity index (χ3v) is 6.43. The Balaban J connectivity index is 1.31. The Morgan fingerprint density at radius 1 is 0.781 bits per heavy atom. The second-order valence-corrected chi connectivity index (χ2v) is 8.69. The van der Waals surface area contributed by atoms with Crippen molar-refractivity contribution in [1.82, 2.24) is 9.97 Å². The van der Waals surface area contributed by atoms with Crippen LogP contribution in [0.3, 0.4) is 0 Å². The molecule has 1 N–H and O–H groups in total. The average Bonchev–Trinajstić information content (AvgIpc) is 3.45. The van der Waals surface area contributed by atoms with E-state index in [1.807, 2.05) is 72.1 Å². The highest BCUT2D eigenvalue weighted by Gasteiger charge is 2.12. The number of para-hydroxylation sites is 1. The van der Waals surface area contributed by atoms with Crippen molar-refractivity contribution in [2.45, 2.75) is 0 Å². The number of anilines is 2. The smallest absolute Gasteiger partial charge is 0.190 e. The zero-order valence-corrected chi connectivity index (χ0v) is 19.0. The Morgan fingerprint density at radius 2 is 1.50 bits per heavy atom. The van der Waals surface area contributed by atoms with Gasteiger partial charge < -0.3 is 19.5 Å². The van der Waals surface area contributed by atoms with Gasteiger partial charge in [0.05, 0.1) is 30.1 Å². The van der Waals surface area contributed by atoms with E-state index < -0.39 is 0 Å². The summed E-state index contributed by atoms with van der Waals surface area (Å²) in [5, 5.41) is 6.88. The van der Waals surface area contributed by atoms with Gasteiger partial charge in [0.15, 0.2) is 21.8 Å². The maximum atomic E-state index is 5.86. The lowest BCUT2D eigenvalue weighted by Gasteiger charge is -2.05. The SMILES string of the molecule is COc1cc2nc(Nc3nc(-c4ccc(Oc5ccccc5)cc4)cs3)sc2cc1OC. The lowest BCUT2D eigenvalue weighted by atomic mass is 10.2. The lowest BCUT2D eigenvalue weighted by molar-refractivity contribution is 0.356. The number of nitrogens with zero attached hydrogens (tertiary/aromatic N) is 2. The molecule has 32 heavy (non-hydrogen) atoms. The first-order valence-electron chi connectivity index (χ1n) is 9.80. The molecule has 2 aromatic heterocycles. The number of fused-ring (bicyclic) bond motifs is 1. The molecule has 5 aromatic rings. The van der Waals surface area contributed by atoms with Gasteiger partial charge in [-0.15, -0.1) is 11.3 Å². The summed E-state index contributed by atoms with van der Waals surface area (Å²) >= 11 is 3.08. The van der Waals surface area contributed by atoms with Gasteiger partial charge in [-0.05, 0) is 36.4 Å². The molecule has 5 rings (SSSR count). The normalized spacial score (nSPS) is 10.8. The first-order chi connectivity index (χ1) is 15.7. The molecule has 160 valence electrons. The van der Waals surface area contributed by atoms with Crippen molar-refractivity contribution in [3.05, 3.63) is 72.1 Å². The molecule has 0 aliphatic heterocycles. The molecule has 0 aliphatic carbocycles. The van der Waals surface area contributed by atoms with Gasteiger partial charge in [0, 0.05) is 23.1 Å². The summed E-state index contributed by atoms with van der Waals surface area (Å²) in [6.07, 6.45) is 0. The van der Waals surface area contributed by atoms with Gasteiger partial charge in [0.2, 0.25) is 0 Å². The molecule has 0 bridgehead atoms. The molecule has 8 heteroatoms. The van der Waals surface area contributed by atoms with Crippen molar-refractivity contribution in [2.24, 2.45) is 0 Å². The Kier molecular flexibility index (Phi) is 5.62. The maximum Gasteiger partial charge on any atom is 0.190 e. The maximum absolute atomic E-state index is 5.86. The van der Waals surface area contributed by atoms with E-state index in [2.05, 4.69) is 10.3 Å². The van der Waals surface area contributed by atoms with Crippen LogP contribution in [0.15, 0.2) is 72.1 Å². The number of nitrogens with one attached hydrogen (secondary N) is 1. The number of ether oxygens (including phenoxy) is 3. The van der Waals surface area contributed by atoms with Crippen molar-refractivity contribution in [2.75, 3.05) is 19.5 Å². The van der Waals surface area contributed by atoms with Crippen LogP contribution in [0, 0.1) is 0 Å². The highest BCUT2D eigenvalue weighted by atomic mass is 32.1. The number of benzene rings is 3. The zero-order chi connectivity index (χ0) is 21.9. The Labute approximate surface area is 193 Å². The monoisotopic (exact) mass is 461 g/mol. The van der Waals surface area contributed by atoms with E-state index in [4.69, 9.17) is 19.2 Å². The first-order valence-corrected chi connectivity index (χ1v) is 11.5. The third kappa shape index (κ3) is 4.23. The summed E-state index contributed by atoms with van der Waals surface area (Å²) in [4.78, 5) is 9.36. The van der Waals surface area contributed by atoms with Crippen LogP contribution in [-0.4, -0.2) is 24.2 Å². The molecule has 0 fully saturated rings. The fourth-order valence-corrected chi connectivity index (χ4v) is 4.84. The molecule has 6 nitrogen and oxygen atoms in total. The van der Waals surface area contributed by atoms with E-state index in [9.17, 15) is 0 Å². The molecule has 0 saturated carbocycles. The number of rotatable bonds is 7. The van der Waals surface area contributed by atoms with Gasteiger partial charge >= 0.3 is 0 Å². The van der Waals surface area contributed by atoms with Crippen LogP contribution in [0.1, 0.15) is 0 Å². The van der Waals surface area contributed by atoms with Gasteiger partial charge in [-0.1, -0.05) is 29.5 Å². The number of methoxy groups -OCH3 is 2. The van der Waals surface area contributed by atoms with Crippen LogP contribution < -0.4 is 19.5 Å². The molecule has 0 unspecified atom stereocenters. The molecule has 0 atom stereocenters. The van der Waals surface area contributed by atoms with E-state index in [-0.39, 0.29) is 0 Å². The summed E-state index contributed by atoms with van der Waals surface area (Å²) < 4.78 is 17.6. The zero-order valence-electron chi connectivity index (χ0n) is 17.4. The van der Waals surface area contributed by atoms with E-state index in [0.717, 1.165) is 43.2 Å². The quantitative estimate of drug-likeness (QED) is 0.282. The van der Waals surface area contributed by atoms with Crippen molar-refractivity contribution in [3.8, 4) is 34.3 Å². The molecule has 0 amide bonds. The highest BCUT2D eigenvalue weighted by Crippen LogP contribution is 2.37. The first kappa shape index (κ1) is 20.3. The molecule has 0 radical (unpaired) electrons. The van der Waals surface area contributed by atoms with Crippen LogP contribution in [0.2, 0.25) is 0 Å². The predicted octanol–water partition coefficient (Wildman–Crippen LogP) is 6.97. The van der Waals surface area contributed by atoms with E-state index in [0.29, 0.717) is 11.5 Å². The Hall–Kier alpha value is -3.62. The summed E-state index contributed by atoms with van der Waals surface area (Å²) in [5.74, 6) is 2.94. The van der Waals surface area contributed by atoms with Crippen LogP contribution >= 0.6 is 22.7 Å². The molecule has 0 saturated heterocycles. The van der Waals surface area contributed by atoms with Gasteiger partial charge in [-0.25, -0.2) is 9.97 Å². The topological polar surface area (TPSA) is 65.5 Å². The van der Waals surface area contributed by atoms with Gasteiger partial charge in [0.25, 0.3) is 0 Å². The van der Waals surface area contributed by atoms with Crippen LogP contribution in [0.4, 0.5) is 10.3 Å². The van der Waals surface area contributed by atoms with E-state index in [1.54, 1.807) is 25.6 Å². The van der Waals surface area contributed by atoms with Crippen LogP contribution in [-0.2, 0) is 0 Å². The number of aromatic nitrogens is 2. The van der Waals surface area contributed by atoms with Crippen molar-refractivity contribution in [1.29, 1.82) is 0 Å². The molecule has 0 spiro atoms. The predicted molar refractivity (Wildman–Crippen MR) is 130 cm³/mol. The highest BCUT2D eigenvalue weighted by molar-refractivity contribution is 7.22. The minimum atomic E-state index is 0.660. The van der Waals surface area contributed by atoms with Crippen molar-refractivity contribution < 1.29 is 14.2 Å². The fourth-order valence-electron chi connectivity index (χ4n) is 3.18. The molecule has 0 aliphatic rings. The summed E-state index contributed by atoms with van der Waals surface area (Å²) in [6.45, 7) is 0. The molecule has 2 heterocycles. The Bertz CT molecular complexity index is 1310. The van der Waals surface area contributed by atoms with Gasteiger partial charge in [0.1, 0.15) is 11.5 Å². The second kappa shape index (κ2) is 8.86. The van der Waals surface area contributed by atoms with E-state index in [1.165, 1.54) is 11.3 Å². The van der Waals surface area contributed by atoms with Crippen LogP contribution in [0.25, 0.3) is 21.5 Å². The van der Waals surface area contributed by atoms with Crippen molar-refractivity contribution >= 4 is 43.2 Å². The average molecular weight is 462 g/mol. The molecular weight excluding hydrogens is 442 g/mol. The number of hydrogen-bond donors (Lipinski definition) is 1. The molecule has 3 aromatic carbocycles. The Morgan fingerprint density at radius 3 is 2.25 bits per heavy atom. The fraction of sp³-hybridized carbons (Fsp3) is 0.0833. The number of hydrogen-bond acceptors (Lipinski definition) is 8. The largest absolute Gasteiger partial charge is 0.493 e. The standard InChI is InChI=1S/C24H19N3O3S2/c1-28-20-12-18-22(13-21(20)29-2)32-24(25-18)27-23-26-19(14-31-23)15-8-10-17(11-9-15)30-16-6-4-3-5-7-16/h3-14H,1-2H3,(H,25,26,27). The van der Waals surface area contributed by atoms with Gasteiger partial charge in [-0.3, -0.25) is 0 Å². The molecular formula is C24H19N3O3S2.